The maximum absolute atomic E-state index is 9.49. The Balaban J connectivity index is 3.02. The summed E-state index contributed by atoms with van der Waals surface area (Å²) in [5.41, 5.74) is 0. The highest BCUT2D eigenvalue weighted by atomic mass is 35.5. The molecule has 11 heavy (non-hydrogen) atoms. The fraction of sp³-hybridized carbons (Fsp3) is 1.00. The van der Waals surface area contributed by atoms with Crippen LogP contribution in [-0.2, 0) is 0 Å². The van der Waals surface area contributed by atoms with E-state index in [0.717, 1.165) is 18.3 Å². The SMILES string of the molecule is C[Si](C)(O)CCCCCCCl. The van der Waals surface area contributed by atoms with Crippen molar-refractivity contribution in [2.45, 2.75) is 44.8 Å². The van der Waals surface area contributed by atoms with Gasteiger partial charge in [0, 0.05) is 5.88 Å². The zero-order chi connectivity index (χ0) is 8.74. The fourth-order valence-electron chi connectivity index (χ4n) is 1.01. The van der Waals surface area contributed by atoms with Gasteiger partial charge >= 0.3 is 0 Å². The van der Waals surface area contributed by atoms with Crippen molar-refractivity contribution in [1.29, 1.82) is 0 Å². The lowest BCUT2D eigenvalue weighted by atomic mass is 10.2. The van der Waals surface area contributed by atoms with Crippen molar-refractivity contribution in [2.24, 2.45) is 0 Å². The van der Waals surface area contributed by atoms with Crippen LogP contribution in [0.15, 0.2) is 0 Å². The molecule has 68 valence electrons. The molecule has 0 aliphatic heterocycles. The van der Waals surface area contributed by atoms with Crippen molar-refractivity contribution >= 4 is 19.9 Å². The molecule has 0 heterocycles. The van der Waals surface area contributed by atoms with Crippen LogP contribution in [0.1, 0.15) is 25.7 Å². The van der Waals surface area contributed by atoms with Crippen molar-refractivity contribution in [3.63, 3.8) is 0 Å². The van der Waals surface area contributed by atoms with Crippen LogP contribution in [0.3, 0.4) is 0 Å². The Morgan fingerprint density at radius 3 is 2.09 bits per heavy atom. The Kier molecular flexibility index (Phi) is 6.29. The van der Waals surface area contributed by atoms with Crippen LogP contribution in [0.25, 0.3) is 0 Å². The maximum atomic E-state index is 9.49. The van der Waals surface area contributed by atoms with Crippen LogP contribution < -0.4 is 0 Å². The average Bonchev–Trinajstić information content (AvgIpc) is 1.85. The minimum atomic E-state index is -1.75. The van der Waals surface area contributed by atoms with Crippen LogP contribution in [0, 0.1) is 0 Å². The molecular formula is C8H19ClOSi. The molecule has 1 nitrogen and oxygen atoms in total. The number of hydrogen-bond donors (Lipinski definition) is 1. The van der Waals surface area contributed by atoms with Gasteiger partial charge in [-0.15, -0.1) is 11.6 Å². The molecule has 3 heteroatoms. The lowest BCUT2D eigenvalue weighted by Gasteiger charge is -2.12. The fourth-order valence-corrected chi connectivity index (χ4v) is 2.31. The smallest absolute Gasteiger partial charge is 0.182 e. The van der Waals surface area contributed by atoms with Gasteiger partial charge in [0.05, 0.1) is 0 Å². The topological polar surface area (TPSA) is 20.2 Å². The summed E-state index contributed by atoms with van der Waals surface area (Å²) in [5.74, 6) is 0.778. The molecule has 0 unspecified atom stereocenters. The van der Waals surface area contributed by atoms with Gasteiger partial charge in [-0.25, -0.2) is 0 Å². The monoisotopic (exact) mass is 194 g/mol. The summed E-state index contributed by atoms with van der Waals surface area (Å²) in [4.78, 5) is 9.49. The van der Waals surface area contributed by atoms with Crippen molar-refractivity contribution in [3.05, 3.63) is 0 Å². The lowest BCUT2D eigenvalue weighted by molar-refractivity contribution is 0.539. The van der Waals surface area contributed by atoms with E-state index < -0.39 is 8.32 Å². The Labute approximate surface area is 75.9 Å². The standard InChI is InChI=1S/C8H19ClOSi/c1-11(2,10)8-6-4-3-5-7-9/h10H,3-8H2,1-2H3. The molecule has 0 saturated heterocycles. The number of unbranched alkanes of at least 4 members (excludes halogenated alkanes) is 3. The highest BCUT2D eigenvalue weighted by Gasteiger charge is 2.14. The van der Waals surface area contributed by atoms with E-state index in [1.54, 1.807) is 0 Å². The number of halogens is 1. The summed E-state index contributed by atoms with van der Waals surface area (Å²) < 4.78 is 0. The van der Waals surface area contributed by atoms with Crippen LogP contribution in [0.4, 0.5) is 0 Å². The van der Waals surface area contributed by atoms with Gasteiger partial charge in [0.2, 0.25) is 0 Å². The normalized spacial score (nSPS) is 12.0. The number of alkyl halides is 1. The number of rotatable bonds is 6. The Morgan fingerprint density at radius 2 is 1.64 bits per heavy atom. The highest BCUT2D eigenvalue weighted by Crippen LogP contribution is 2.12. The quantitative estimate of drug-likeness (QED) is 0.392. The van der Waals surface area contributed by atoms with Crippen molar-refractivity contribution < 1.29 is 4.80 Å². The summed E-state index contributed by atoms with van der Waals surface area (Å²) >= 11 is 5.53. The van der Waals surface area contributed by atoms with E-state index in [9.17, 15) is 4.80 Å². The molecule has 1 N–H and O–H groups in total. The van der Waals surface area contributed by atoms with Crippen LogP contribution >= 0.6 is 11.6 Å². The van der Waals surface area contributed by atoms with Gasteiger partial charge in [-0.3, -0.25) is 0 Å². The summed E-state index contributed by atoms with van der Waals surface area (Å²) in [6, 6.07) is 1.04. The van der Waals surface area contributed by atoms with Gasteiger partial charge in [-0.2, -0.15) is 0 Å². The number of hydrogen-bond acceptors (Lipinski definition) is 1. The summed E-state index contributed by atoms with van der Waals surface area (Å²) in [5, 5.41) is 0. The summed E-state index contributed by atoms with van der Waals surface area (Å²) in [7, 11) is -1.75. The van der Waals surface area contributed by atoms with E-state index in [4.69, 9.17) is 11.6 Å². The van der Waals surface area contributed by atoms with Gasteiger partial charge in [0.15, 0.2) is 8.32 Å². The molecule has 0 saturated carbocycles. The second-order valence-corrected chi connectivity index (χ2v) is 8.17. The first kappa shape index (κ1) is 11.5. The third-order valence-electron chi connectivity index (χ3n) is 1.67. The van der Waals surface area contributed by atoms with Gasteiger partial charge in [-0.05, 0) is 25.6 Å². The minimum absolute atomic E-state index is 0.778. The zero-order valence-electron chi connectivity index (χ0n) is 7.57. The molecule has 0 aromatic rings. The molecule has 0 bridgehead atoms. The molecule has 0 atom stereocenters. The lowest BCUT2D eigenvalue weighted by Crippen LogP contribution is -2.23. The van der Waals surface area contributed by atoms with Crippen molar-refractivity contribution in [1.82, 2.24) is 0 Å². The molecule has 0 amide bonds. The first-order valence-electron chi connectivity index (χ1n) is 4.34. The predicted octanol–water partition coefficient (Wildman–Crippen LogP) is 2.98. The van der Waals surface area contributed by atoms with E-state index in [2.05, 4.69) is 0 Å². The van der Waals surface area contributed by atoms with E-state index in [0.29, 0.717) is 0 Å². The first-order valence-corrected chi connectivity index (χ1v) is 8.03. The first-order chi connectivity index (χ1) is 5.06. The largest absolute Gasteiger partial charge is 0.432 e. The van der Waals surface area contributed by atoms with E-state index in [1.807, 2.05) is 13.1 Å². The third kappa shape index (κ3) is 10.5. The van der Waals surface area contributed by atoms with E-state index in [1.165, 1.54) is 19.3 Å². The third-order valence-corrected chi connectivity index (χ3v) is 3.52. The van der Waals surface area contributed by atoms with E-state index >= 15 is 0 Å². The molecule has 0 aliphatic carbocycles. The minimum Gasteiger partial charge on any atom is -0.432 e. The predicted molar refractivity (Wildman–Crippen MR) is 53.7 cm³/mol. The molecule has 0 aromatic heterocycles. The summed E-state index contributed by atoms with van der Waals surface area (Å²) in [6.07, 6.45) is 4.74. The van der Waals surface area contributed by atoms with Crippen LogP contribution in [-0.4, -0.2) is 19.0 Å². The highest BCUT2D eigenvalue weighted by molar-refractivity contribution is 6.69. The molecule has 0 aliphatic rings. The molecule has 0 rings (SSSR count). The molecule has 0 spiro atoms. The average molecular weight is 195 g/mol. The second kappa shape index (κ2) is 6.04. The summed E-state index contributed by atoms with van der Waals surface area (Å²) in [6.45, 7) is 3.99. The van der Waals surface area contributed by atoms with Crippen LogP contribution in [0.5, 0.6) is 0 Å². The zero-order valence-corrected chi connectivity index (χ0v) is 9.32. The van der Waals surface area contributed by atoms with Crippen LogP contribution in [0.2, 0.25) is 19.1 Å². The second-order valence-electron chi connectivity index (χ2n) is 3.67. The maximum Gasteiger partial charge on any atom is 0.182 e. The van der Waals surface area contributed by atoms with E-state index in [-0.39, 0.29) is 0 Å². The Hall–Kier alpha value is 0.467. The van der Waals surface area contributed by atoms with Crippen molar-refractivity contribution in [2.75, 3.05) is 5.88 Å². The van der Waals surface area contributed by atoms with Gasteiger partial charge in [0.1, 0.15) is 0 Å². The molecule has 0 fully saturated rings. The van der Waals surface area contributed by atoms with Crippen molar-refractivity contribution in [3.8, 4) is 0 Å². The van der Waals surface area contributed by atoms with Gasteiger partial charge in [-0.1, -0.05) is 19.3 Å². The van der Waals surface area contributed by atoms with Gasteiger partial charge in [0.25, 0.3) is 0 Å². The molecule has 0 aromatic carbocycles. The van der Waals surface area contributed by atoms with Gasteiger partial charge < -0.3 is 4.80 Å². The molecule has 0 radical (unpaired) electrons. The Morgan fingerprint density at radius 1 is 1.09 bits per heavy atom. The Bertz CT molecular complexity index is 90.6. The molecular weight excluding hydrogens is 176 g/mol.